The van der Waals surface area contributed by atoms with Gasteiger partial charge in [0.05, 0.1) is 11.2 Å². The number of aromatic nitrogens is 2. The van der Waals surface area contributed by atoms with Crippen molar-refractivity contribution in [1.29, 1.82) is 0 Å². The van der Waals surface area contributed by atoms with Crippen molar-refractivity contribution in [1.82, 2.24) is 9.97 Å². The molecule has 5 heteroatoms. The Balaban J connectivity index is 2.05. The number of nitrogen functional groups attached to an aromatic ring is 1. The van der Waals surface area contributed by atoms with Gasteiger partial charge in [-0.15, -0.1) is 0 Å². The van der Waals surface area contributed by atoms with Crippen molar-refractivity contribution >= 4 is 28.4 Å². The monoisotopic (exact) mass is 271 g/mol. The molecule has 19 heavy (non-hydrogen) atoms. The first-order chi connectivity index (χ1) is 9.13. The number of nitrogens with zero attached hydrogens (tertiary/aromatic N) is 2. The second-order valence-corrected chi connectivity index (χ2v) is 5.30. The predicted molar refractivity (Wildman–Crippen MR) is 76.3 cm³/mol. The zero-order valence-electron chi connectivity index (χ0n) is 10.7. The first kappa shape index (κ1) is 12.0. The van der Waals surface area contributed by atoms with Gasteiger partial charge in [0.25, 0.3) is 5.22 Å². The number of hydrogen-bond donors (Lipinski definition) is 1. The average molecular weight is 271 g/mol. The molecule has 2 heterocycles. The molecular weight excluding hydrogens is 258 g/mol. The molecule has 0 spiro atoms. The maximum Gasteiger partial charge on any atom is 0.261 e. The second-order valence-electron chi connectivity index (χ2n) is 4.31. The predicted octanol–water partition coefficient (Wildman–Crippen LogP) is 3.57. The minimum absolute atomic E-state index is 0.652. The summed E-state index contributed by atoms with van der Waals surface area (Å²) in [6.07, 6.45) is 1.77. The number of benzene rings is 1. The van der Waals surface area contributed by atoms with Crippen LogP contribution < -0.4 is 5.73 Å². The first-order valence-corrected chi connectivity index (χ1v) is 6.71. The molecule has 0 fully saturated rings. The summed E-state index contributed by atoms with van der Waals surface area (Å²) in [5.41, 5.74) is 8.29. The second kappa shape index (κ2) is 4.59. The summed E-state index contributed by atoms with van der Waals surface area (Å²) in [4.78, 5) is 9.77. The Bertz CT molecular complexity index is 732. The SMILES string of the molecule is Cc1nc(Sc2ccnc3cc(N)ccc23)oc1C. The first-order valence-electron chi connectivity index (χ1n) is 5.89. The maximum atomic E-state index is 5.77. The fourth-order valence-electron chi connectivity index (χ4n) is 1.81. The fraction of sp³-hybridized carbons (Fsp3) is 0.143. The molecule has 3 aromatic rings. The van der Waals surface area contributed by atoms with Crippen molar-refractivity contribution in [2.24, 2.45) is 0 Å². The van der Waals surface area contributed by atoms with E-state index in [1.807, 2.05) is 38.1 Å². The van der Waals surface area contributed by atoms with Gasteiger partial charge in [0.15, 0.2) is 0 Å². The molecule has 0 unspecified atom stereocenters. The van der Waals surface area contributed by atoms with Gasteiger partial charge in [-0.1, -0.05) is 0 Å². The minimum Gasteiger partial charge on any atom is -0.436 e. The fourth-order valence-corrected chi connectivity index (χ4v) is 2.76. The lowest BCUT2D eigenvalue weighted by Gasteiger charge is -2.03. The van der Waals surface area contributed by atoms with Crippen LogP contribution in [0.15, 0.2) is 45.0 Å². The Hall–Kier alpha value is -2.01. The quantitative estimate of drug-likeness (QED) is 0.722. The van der Waals surface area contributed by atoms with Crippen molar-refractivity contribution in [3.63, 3.8) is 0 Å². The molecule has 0 aliphatic heterocycles. The third-order valence-corrected chi connectivity index (χ3v) is 3.86. The van der Waals surface area contributed by atoms with Gasteiger partial charge in [-0.25, -0.2) is 4.98 Å². The van der Waals surface area contributed by atoms with E-state index in [2.05, 4.69) is 9.97 Å². The van der Waals surface area contributed by atoms with Gasteiger partial charge >= 0.3 is 0 Å². The number of oxazole rings is 1. The zero-order chi connectivity index (χ0) is 13.4. The van der Waals surface area contributed by atoms with E-state index in [9.17, 15) is 0 Å². The summed E-state index contributed by atoms with van der Waals surface area (Å²) in [5.74, 6) is 0.852. The van der Waals surface area contributed by atoms with Crippen LogP contribution in [0.5, 0.6) is 0 Å². The lowest BCUT2D eigenvalue weighted by molar-refractivity contribution is 0.431. The molecule has 0 aliphatic rings. The number of aryl methyl sites for hydroxylation is 2. The van der Waals surface area contributed by atoms with E-state index < -0.39 is 0 Å². The van der Waals surface area contributed by atoms with Crippen LogP contribution in [0, 0.1) is 13.8 Å². The molecule has 0 aliphatic carbocycles. The van der Waals surface area contributed by atoms with Crippen LogP contribution in [-0.2, 0) is 0 Å². The standard InChI is InChI=1S/C14H13N3OS/c1-8-9(2)18-14(17-8)19-13-5-6-16-12-7-10(15)3-4-11(12)13/h3-7H,15H2,1-2H3. The van der Waals surface area contributed by atoms with Gasteiger partial charge < -0.3 is 10.2 Å². The lowest BCUT2D eigenvalue weighted by atomic mass is 10.2. The largest absolute Gasteiger partial charge is 0.436 e. The van der Waals surface area contributed by atoms with Gasteiger partial charge in [0.2, 0.25) is 0 Å². The highest BCUT2D eigenvalue weighted by Gasteiger charge is 2.10. The lowest BCUT2D eigenvalue weighted by Crippen LogP contribution is -1.87. The zero-order valence-corrected chi connectivity index (χ0v) is 11.5. The molecule has 0 atom stereocenters. The Morgan fingerprint density at radius 3 is 2.79 bits per heavy atom. The molecule has 0 amide bonds. The summed E-state index contributed by atoms with van der Waals surface area (Å²) in [5, 5.41) is 1.70. The van der Waals surface area contributed by atoms with Crippen LogP contribution in [0.3, 0.4) is 0 Å². The number of anilines is 1. The third kappa shape index (κ3) is 2.29. The minimum atomic E-state index is 0.652. The van der Waals surface area contributed by atoms with E-state index in [0.29, 0.717) is 10.9 Å². The highest BCUT2D eigenvalue weighted by Crippen LogP contribution is 2.33. The molecule has 0 saturated carbocycles. The van der Waals surface area contributed by atoms with Crippen LogP contribution in [0.25, 0.3) is 10.9 Å². The van der Waals surface area contributed by atoms with Gasteiger partial charge in [-0.3, -0.25) is 4.98 Å². The summed E-state index contributed by atoms with van der Waals surface area (Å²) in [7, 11) is 0. The van der Waals surface area contributed by atoms with E-state index in [1.165, 1.54) is 11.8 Å². The maximum absolute atomic E-state index is 5.77. The molecule has 96 valence electrons. The van der Waals surface area contributed by atoms with E-state index >= 15 is 0 Å². The summed E-state index contributed by atoms with van der Waals surface area (Å²) in [6, 6.07) is 7.67. The summed E-state index contributed by atoms with van der Waals surface area (Å²) >= 11 is 1.50. The van der Waals surface area contributed by atoms with E-state index in [4.69, 9.17) is 10.2 Å². The van der Waals surface area contributed by atoms with Crippen LogP contribution in [0.2, 0.25) is 0 Å². The van der Waals surface area contributed by atoms with Crippen molar-refractivity contribution < 1.29 is 4.42 Å². The van der Waals surface area contributed by atoms with E-state index in [1.54, 1.807) is 6.20 Å². The average Bonchev–Trinajstić information content (AvgIpc) is 2.68. The smallest absolute Gasteiger partial charge is 0.261 e. The van der Waals surface area contributed by atoms with Crippen molar-refractivity contribution in [3.05, 3.63) is 41.9 Å². The Labute approximate surface area is 115 Å². The van der Waals surface area contributed by atoms with Crippen molar-refractivity contribution in [2.45, 2.75) is 24.0 Å². The van der Waals surface area contributed by atoms with Gasteiger partial charge in [-0.05, 0) is 49.9 Å². The normalized spacial score (nSPS) is 11.1. The third-order valence-electron chi connectivity index (χ3n) is 2.93. The van der Waals surface area contributed by atoms with Crippen LogP contribution in [0.4, 0.5) is 5.69 Å². The van der Waals surface area contributed by atoms with Crippen LogP contribution >= 0.6 is 11.8 Å². The Morgan fingerprint density at radius 1 is 1.21 bits per heavy atom. The molecular formula is C14H13N3OS. The molecule has 1 aromatic carbocycles. The molecule has 4 nitrogen and oxygen atoms in total. The molecule has 0 bridgehead atoms. The van der Waals surface area contributed by atoms with Gasteiger partial charge in [0.1, 0.15) is 5.76 Å². The number of fused-ring (bicyclic) bond motifs is 1. The molecule has 0 radical (unpaired) electrons. The number of pyridine rings is 1. The van der Waals surface area contributed by atoms with Gasteiger partial charge in [0, 0.05) is 22.2 Å². The van der Waals surface area contributed by atoms with Crippen LogP contribution in [0.1, 0.15) is 11.5 Å². The Morgan fingerprint density at radius 2 is 2.05 bits per heavy atom. The number of hydrogen-bond acceptors (Lipinski definition) is 5. The topological polar surface area (TPSA) is 64.9 Å². The van der Waals surface area contributed by atoms with E-state index in [0.717, 1.165) is 27.3 Å². The molecule has 2 N–H and O–H groups in total. The molecule has 0 saturated heterocycles. The summed E-state index contributed by atoms with van der Waals surface area (Å²) < 4.78 is 5.60. The van der Waals surface area contributed by atoms with Crippen molar-refractivity contribution in [2.75, 3.05) is 5.73 Å². The highest BCUT2D eigenvalue weighted by atomic mass is 32.2. The molecule has 2 aromatic heterocycles. The van der Waals surface area contributed by atoms with Crippen molar-refractivity contribution in [3.8, 4) is 0 Å². The van der Waals surface area contributed by atoms with E-state index in [-0.39, 0.29) is 0 Å². The number of rotatable bonds is 2. The Kier molecular flexibility index (Phi) is 2.91. The number of nitrogens with two attached hydrogens (primary N) is 1. The highest BCUT2D eigenvalue weighted by molar-refractivity contribution is 7.99. The van der Waals surface area contributed by atoms with Gasteiger partial charge in [-0.2, -0.15) is 0 Å². The molecule has 3 rings (SSSR count). The summed E-state index contributed by atoms with van der Waals surface area (Å²) in [6.45, 7) is 3.85. The van der Waals surface area contributed by atoms with Crippen LogP contribution in [-0.4, -0.2) is 9.97 Å².